The second kappa shape index (κ2) is 9.15. The molecule has 1 N–H and O–H groups in total. The number of carbonyl (C=O) groups is 2. The molecule has 0 radical (unpaired) electrons. The number of para-hydroxylation sites is 1. The highest BCUT2D eigenvalue weighted by Gasteiger charge is 2.19. The van der Waals surface area contributed by atoms with E-state index in [1.807, 2.05) is 18.2 Å². The Balaban J connectivity index is 1.60. The smallest absolute Gasteiger partial charge is 0.338 e. The van der Waals surface area contributed by atoms with Gasteiger partial charge in [0.2, 0.25) is 0 Å². The Morgan fingerprint density at radius 2 is 1.81 bits per heavy atom. The molecule has 0 saturated carbocycles. The number of fused-ring (bicyclic) bond motifs is 1. The van der Waals surface area contributed by atoms with Crippen LogP contribution in [0.4, 0.5) is 5.69 Å². The van der Waals surface area contributed by atoms with E-state index >= 15 is 0 Å². The van der Waals surface area contributed by atoms with Gasteiger partial charge in [0.25, 0.3) is 11.5 Å². The van der Waals surface area contributed by atoms with E-state index in [0.717, 1.165) is 5.56 Å². The van der Waals surface area contributed by atoms with Crippen LogP contribution in [0.5, 0.6) is 0 Å². The first kappa shape index (κ1) is 21.5. The van der Waals surface area contributed by atoms with Crippen LogP contribution in [0, 0.1) is 6.92 Å². The summed E-state index contributed by atoms with van der Waals surface area (Å²) in [5, 5.41) is 3.30. The van der Waals surface area contributed by atoms with E-state index in [4.69, 9.17) is 4.74 Å². The minimum atomic E-state index is -0.380. The van der Waals surface area contributed by atoms with Crippen LogP contribution >= 0.6 is 11.3 Å². The minimum absolute atomic E-state index is 0.211. The van der Waals surface area contributed by atoms with Crippen molar-refractivity contribution < 1.29 is 14.3 Å². The number of rotatable bonds is 6. The summed E-state index contributed by atoms with van der Waals surface area (Å²) in [5.41, 5.74) is 2.39. The van der Waals surface area contributed by atoms with Gasteiger partial charge in [-0.25, -0.2) is 9.78 Å². The lowest BCUT2D eigenvalue weighted by molar-refractivity contribution is 0.0526. The summed E-state index contributed by atoms with van der Waals surface area (Å²) in [6.45, 7) is 4.13. The number of anilines is 1. The van der Waals surface area contributed by atoms with E-state index < -0.39 is 0 Å². The lowest BCUT2D eigenvalue weighted by Gasteiger charge is -2.07. The third-order valence-corrected chi connectivity index (χ3v) is 6.17. The largest absolute Gasteiger partial charge is 0.462 e. The molecule has 1 amide bonds. The zero-order chi connectivity index (χ0) is 22.7. The molecule has 2 heterocycles. The quantitative estimate of drug-likeness (QED) is 0.447. The summed E-state index contributed by atoms with van der Waals surface area (Å²) in [5.74, 6) is -0.647. The Morgan fingerprint density at radius 1 is 1.09 bits per heavy atom. The number of benzene rings is 2. The molecule has 8 heteroatoms. The maximum atomic E-state index is 13.1. The third-order valence-electron chi connectivity index (χ3n) is 4.97. The van der Waals surface area contributed by atoms with Gasteiger partial charge in [0.15, 0.2) is 0 Å². The third kappa shape index (κ3) is 4.31. The monoisotopic (exact) mass is 447 g/mol. The standard InChI is InChI=1S/C24H21N3O4S/c1-3-31-24(30)17-11-9-16(10-12-17)13-27-14-25-22-19(23(27)29)15(2)20(32-22)21(28)26-18-7-5-4-6-8-18/h4-12,14H,3,13H2,1-2H3,(H,26,28). The molecule has 0 unspecified atom stereocenters. The number of aryl methyl sites for hydroxylation is 1. The van der Waals surface area contributed by atoms with Gasteiger partial charge in [0.1, 0.15) is 4.83 Å². The normalized spacial score (nSPS) is 10.8. The van der Waals surface area contributed by atoms with Gasteiger partial charge in [0.05, 0.1) is 35.3 Å². The molecule has 0 bridgehead atoms. The summed E-state index contributed by atoms with van der Waals surface area (Å²) in [6.07, 6.45) is 1.48. The van der Waals surface area contributed by atoms with Crippen molar-refractivity contribution in [3.05, 3.63) is 92.8 Å². The lowest BCUT2D eigenvalue weighted by atomic mass is 10.1. The van der Waals surface area contributed by atoms with Gasteiger partial charge in [-0.1, -0.05) is 30.3 Å². The predicted octanol–water partition coefficient (Wildman–Crippen LogP) is 4.24. The van der Waals surface area contributed by atoms with Crippen LogP contribution in [0.3, 0.4) is 0 Å². The predicted molar refractivity (Wildman–Crippen MR) is 125 cm³/mol. The van der Waals surface area contributed by atoms with Crippen LogP contribution < -0.4 is 10.9 Å². The summed E-state index contributed by atoms with van der Waals surface area (Å²) < 4.78 is 6.49. The molecule has 0 atom stereocenters. The van der Waals surface area contributed by atoms with Crippen LogP contribution in [0.1, 0.15) is 38.1 Å². The average molecular weight is 448 g/mol. The van der Waals surface area contributed by atoms with E-state index in [9.17, 15) is 14.4 Å². The van der Waals surface area contributed by atoms with Gasteiger partial charge < -0.3 is 10.1 Å². The van der Waals surface area contributed by atoms with Gasteiger partial charge >= 0.3 is 5.97 Å². The number of ether oxygens (including phenoxy) is 1. The summed E-state index contributed by atoms with van der Waals surface area (Å²) in [4.78, 5) is 43.1. The fourth-order valence-electron chi connectivity index (χ4n) is 3.36. The van der Waals surface area contributed by atoms with Crippen molar-refractivity contribution in [2.24, 2.45) is 0 Å². The first-order valence-corrected chi connectivity index (χ1v) is 10.9. The van der Waals surface area contributed by atoms with E-state index in [2.05, 4.69) is 10.3 Å². The van der Waals surface area contributed by atoms with E-state index in [0.29, 0.717) is 45.1 Å². The summed E-state index contributed by atoms with van der Waals surface area (Å²) in [7, 11) is 0. The zero-order valence-electron chi connectivity index (χ0n) is 17.6. The number of hydrogen-bond donors (Lipinski definition) is 1. The molecule has 162 valence electrons. The number of thiophene rings is 1. The minimum Gasteiger partial charge on any atom is -0.462 e. The Labute approximate surface area is 188 Å². The van der Waals surface area contributed by atoms with Crippen LogP contribution in [0.2, 0.25) is 0 Å². The molecule has 0 aliphatic rings. The van der Waals surface area contributed by atoms with Crippen LogP contribution in [-0.2, 0) is 11.3 Å². The van der Waals surface area contributed by atoms with Gasteiger partial charge in [-0.3, -0.25) is 14.2 Å². The highest BCUT2D eigenvalue weighted by molar-refractivity contribution is 7.20. The average Bonchev–Trinajstić information content (AvgIpc) is 3.14. The molecule has 0 fully saturated rings. The number of aromatic nitrogens is 2. The number of nitrogens with one attached hydrogen (secondary N) is 1. The number of amides is 1. The Kier molecular flexibility index (Phi) is 6.13. The molecule has 0 aliphatic heterocycles. The van der Waals surface area contributed by atoms with E-state index in [-0.39, 0.29) is 17.4 Å². The topological polar surface area (TPSA) is 90.3 Å². The van der Waals surface area contributed by atoms with Gasteiger partial charge in [-0.05, 0) is 49.2 Å². The Bertz CT molecular complexity index is 1340. The van der Waals surface area contributed by atoms with Crippen molar-refractivity contribution in [3.8, 4) is 0 Å². The van der Waals surface area contributed by atoms with Gasteiger partial charge in [0, 0.05) is 5.69 Å². The molecular formula is C24H21N3O4S. The van der Waals surface area contributed by atoms with Crippen molar-refractivity contribution in [1.82, 2.24) is 9.55 Å². The molecule has 32 heavy (non-hydrogen) atoms. The fourth-order valence-corrected chi connectivity index (χ4v) is 4.39. The van der Waals surface area contributed by atoms with Crippen molar-refractivity contribution in [1.29, 1.82) is 0 Å². The molecule has 0 spiro atoms. The molecule has 7 nitrogen and oxygen atoms in total. The first-order valence-electron chi connectivity index (χ1n) is 10.1. The van der Waals surface area contributed by atoms with Crippen LogP contribution in [-0.4, -0.2) is 28.0 Å². The second-order valence-corrected chi connectivity index (χ2v) is 8.15. The van der Waals surface area contributed by atoms with E-state index in [1.165, 1.54) is 22.2 Å². The molecular weight excluding hydrogens is 426 g/mol. The molecule has 2 aromatic carbocycles. The van der Waals surface area contributed by atoms with Gasteiger partial charge in [-0.15, -0.1) is 11.3 Å². The maximum absolute atomic E-state index is 13.1. The molecule has 4 aromatic rings. The Morgan fingerprint density at radius 3 is 2.50 bits per heavy atom. The van der Waals surface area contributed by atoms with Crippen LogP contribution in [0.25, 0.3) is 10.2 Å². The molecule has 0 saturated heterocycles. The maximum Gasteiger partial charge on any atom is 0.338 e. The Hall–Kier alpha value is -3.78. The molecule has 0 aliphatic carbocycles. The lowest BCUT2D eigenvalue weighted by Crippen LogP contribution is -2.21. The number of carbonyl (C=O) groups excluding carboxylic acids is 2. The molecule has 2 aromatic heterocycles. The van der Waals surface area contributed by atoms with Crippen molar-refractivity contribution >= 4 is 39.1 Å². The van der Waals surface area contributed by atoms with Gasteiger partial charge in [-0.2, -0.15) is 0 Å². The summed E-state index contributed by atoms with van der Waals surface area (Å²) in [6, 6.07) is 16.1. The highest BCUT2D eigenvalue weighted by atomic mass is 32.1. The SMILES string of the molecule is CCOC(=O)c1ccc(Cn2cnc3sc(C(=O)Nc4ccccc4)c(C)c3c2=O)cc1. The molecule has 4 rings (SSSR count). The number of esters is 1. The zero-order valence-corrected chi connectivity index (χ0v) is 18.4. The summed E-state index contributed by atoms with van der Waals surface area (Å²) >= 11 is 1.20. The fraction of sp³-hybridized carbons (Fsp3) is 0.167. The van der Waals surface area contributed by atoms with Crippen molar-refractivity contribution in [2.75, 3.05) is 11.9 Å². The first-order chi connectivity index (χ1) is 15.5. The van der Waals surface area contributed by atoms with E-state index in [1.54, 1.807) is 50.2 Å². The number of nitrogens with zero attached hydrogens (tertiary/aromatic N) is 2. The number of hydrogen-bond acceptors (Lipinski definition) is 6. The van der Waals surface area contributed by atoms with Crippen LogP contribution in [0.15, 0.2) is 65.7 Å². The highest BCUT2D eigenvalue weighted by Crippen LogP contribution is 2.27. The second-order valence-electron chi connectivity index (χ2n) is 7.15. The van der Waals surface area contributed by atoms with Crippen molar-refractivity contribution in [2.45, 2.75) is 20.4 Å². The van der Waals surface area contributed by atoms with Crippen molar-refractivity contribution in [3.63, 3.8) is 0 Å².